The van der Waals surface area contributed by atoms with Crippen molar-refractivity contribution in [3.05, 3.63) is 84.7 Å². The van der Waals surface area contributed by atoms with E-state index in [4.69, 9.17) is 9.47 Å². The summed E-state index contributed by atoms with van der Waals surface area (Å²) in [6.07, 6.45) is 1.49. The van der Waals surface area contributed by atoms with Gasteiger partial charge in [0, 0.05) is 11.3 Å². The molecule has 1 aromatic heterocycles. The molecule has 0 aliphatic carbocycles. The average molecular weight is 401 g/mol. The van der Waals surface area contributed by atoms with Crippen LogP contribution in [0.15, 0.2) is 79.1 Å². The van der Waals surface area contributed by atoms with Crippen molar-refractivity contribution in [3.63, 3.8) is 0 Å². The van der Waals surface area contributed by atoms with Crippen LogP contribution in [0.5, 0.6) is 17.2 Å². The summed E-state index contributed by atoms with van der Waals surface area (Å²) in [6.45, 7) is 2.56. The Morgan fingerprint density at radius 2 is 1.53 bits per heavy atom. The second kappa shape index (κ2) is 8.87. The van der Waals surface area contributed by atoms with Crippen LogP contribution < -0.4 is 14.8 Å². The third kappa shape index (κ3) is 4.61. The zero-order valence-corrected chi connectivity index (χ0v) is 16.2. The molecule has 1 heterocycles. The Labute approximate surface area is 173 Å². The van der Waals surface area contributed by atoms with Gasteiger partial charge in [-0.1, -0.05) is 0 Å². The van der Waals surface area contributed by atoms with Gasteiger partial charge in [0.1, 0.15) is 23.6 Å². The number of anilines is 1. The maximum absolute atomic E-state index is 12.5. The van der Waals surface area contributed by atoms with E-state index < -0.39 is 0 Å². The molecule has 0 radical (unpaired) electrons. The molecule has 0 bridgehead atoms. The molecule has 0 saturated heterocycles. The number of aromatic nitrogens is 4. The molecule has 8 nitrogen and oxygen atoms in total. The fourth-order valence-corrected chi connectivity index (χ4v) is 2.76. The van der Waals surface area contributed by atoms with Gasteiger partial charge in [0.2, 0.25) is 0 Å². The Kier molecular flexibility index (Phi) is 5.66. The number of carbonyl (C=O) groups excluding carboxylic acids is 1. The summed E-state index contributed by atoms with van der Waals surface area (Å²) in [5.74, 6) is 1.97. The first kappa shape index (κ1) is 19.1. The number of nitrogens with zero attached hydrogens (tertiary/aromatic N) is 4. The number of rotatable bonds is 7. The molecule has 0 saturated carbocycles. The molecule has 0 aliphatic rings. The number of tetrazole rings is 1. The fraction of sp³-hybridized carbons (Fsp3) is 0.0909. The number of carbonyl (C=O) groups is 1. The van der Waals surface area contributed by atoms with Crippen molar-refractivity contribution < 1.29 is 14.3 Å². The monoisotopic (exact) mass is 401 g/mol. The molecule has 0 atom stereocenters. The highest BCUT2D eigenvalue weighted by molar-refractivity contribution is 6.04. The largest absolute Gasteiger partial charge is 0.494 e. The average Bonchev–Trinajstić information content (AvgIpc) is 3.32. The van der Waals surface area contributed by atoms with Crippen LogP contribution in [0.3, 0.4) is 0 Å². The predicted molar refractivity (Wildman–Crippen MR) is 111 cm³/mol. The van der Waals surface area contributed by atoms with E-state index in [-0.39, 0.29) is 5.91 Å². The molecule has 1 N–H and O–H groups in total. The zero-order valence-electron chi connectivity index (χ0n) is 16.2. The molecule has 0 fully saturated rings. The lowest BCUT2D eigenvalue weighted by Crippen LogP contribution is -2.11. The van der Waals surface area contributed by atoms with Gasteiger partial charge >= 0.3 is 0 Å². The summed E-state index contributed by atoms with van der Waals surface area (Å²) in [4.78, 5) is 12.5. The van der Waals surface area contributed by atoms with Crippen molar-refractivity contribution in [3.8, 4) is 22.9 Å². The molecule has 150 valence electrons. The van der Waals surface area contributed by atoms with Gasteiger partial charge in [-0.15, -0.1) is 5.10 Å². The Hall–Kier alpha value is -4.20. The summed E-state index contributed by atoms with van der Waals surface area (Å²) in [6, 6.07) is 21.6. The first-order valence-corrected chi connectivity index (χ1v) is 9.37. The minimum absolute atomic E-state index is 0.210. The Bertz CT molecular complexity index is 1090. The van der Waals surface area contributed by atoms with Gasteiger partial charge in [-0.05, 0) is 90.1 Å². The van der Waals surface area contributed by atoms with Crippen molar-refractivity contribution in [1.29, 1.82) is 0 Å². The Balaban J connectivity index is 1.36. The number of ether oxygens (including phenoxy) is 2. The lowest BCUT2D eigenvalue weighted by Gasteiger charge is -2.09. The van der Waals surface area contributed by atoms with E-state index in [9.17, 15) is 4.79 Å². The lowest BCUT2D eigenvalue weighted by molar-refractivity contribution is 0.102. The third-order valence-electron chi connectivity index (χ3n) is 4.23. The van der Waals surface area contributed by atoms with Crippen LogP contribution in [-0.2, 0) is 0 Å². The van der Waals surface area contributed by atoms with E-state index in [1.165, 1.54) is 11.0 Å². The smallest absolute Gasteiger partial charge is 0.255 e. The van der Waals surface area contributed by atoms with Gasteiger partial charge in [-0.2, -0.15) is 0 Å². The molecule has 0 unspecified atom stereocenters. The quantitative estimate of drug-likeness (QED) is 0.501. The van der Waals surface area contributed by atoms with E-state index in [0.29, 0.717) is 29.4 Å². The topological polar surface area (TPSA) is 91.2 Å². The summed E-state index contributed by atoms with van der Waals surface area (Å²) >= 11 is 0. The molecule has 3 aromatic carbocycles. The maximum Gasteiger partial charge on any atom is 0.255 e. The molecule has 4 aromatic rings. The number of hydrogen-bond acceptors (Lipinski definition) is 6. The van der Waals surface area contributed by atoms with Crippen LogP contribution in [0.1, 0.15) is 17.3 Å². The van der Waals surface area contributed by atoms with Gasteiger partial charge in [0.05, 0.1) is 12.3 Å². The summed E-state index contributed by atoms with van der Waals surface area (Å²) in [5, 5.41) is 13.9. The van der Waals surface area contributed by atoms with Crippen molar-refractivity contribution in [2.75, 3.05) is 11.9 Å². The van der Waals surface area contributed by atoms with E-state index in [1.54, 1.807) is 48.5 Å². The van der Waals surface area contributed by atoms with Crippen LogP contribution >= 0.6 is 0 Å². The van der Waals surface area contributed by atoms with Gasteiger partial charge in [0.15, 0.2) is 0 Å². The van der Waals surface area contributed by atoms with Crippen LogP contribution in [0.4, 0.5) is 5.69 Å². The van der Waals surface area contributed by atoms with Crippen LogP contribution in [0.2, 0.25) is 0 Å². The molecular formula is C22H19N5O3. The number of benzene rings is 3. The minimum atomic E-state index is -0.210. The van der Waals surface area contributed by atoms with Gasteiger partial charge in [-0.25, -0.2) is 4.68 Å². The predicted octanol–water partition coefficient (Wildman–Crippen LogP) is 4.11. The van der Waals surface area contributed by atoms with Gasteiger partial charge in [-0.3, -0.25) is 4.79 Å². The minimum Gasteiger partial charge on any atom is -0.494 e. The number of nitrogens with one attached hydrogen (secondary N) is 1. The van der Waals surface area contributed by atoms with Crippen LogP contribution in [-0.4, -0.2) is 32.7 Å². The van der Waals surface area contributed by atoms with Gasteiger partial charge < -0.3 is 14.8 Å². The van der Waals surface area contributed by atoms with Crippen molar-refractivity contribution in [2.45, 2.75) is 6.92 Å². The Morgan fingerprint density at radius 3 is 2.13 bits per heavy atom. The van der Waals surface area contributed by atoms with Gasteiger partial charge in [0.25, 0.3) is 5.91 Å². The molecule has 30 heavy (non-hydrogen) atoms. The zero-order chi connectivity index (χ0) is 20.8. The summed E-state index contributed by atoms with van der Waals surface area (Å²) in [7, 11) is 0. The molecule has 0 aliphatic heterocycles. The second-order valence-corrected chi connectivity index (χ2v) is 6.29. The SMILES string of the molecule is CCOc1ccc(Oc2ccc(NC(=O)c3ccc(-n4cnnn4)cc3)cc2)cc1. The lowest BCUT2D eigenvalue weighted by atomic mass is 10.2. The van der Waals surface area contributed by atoms with Crippen molar-refractivity contribution in [2.24, 2.45) is 0 Å². The van der Waals surface area contributed by atoms with E-state index in [0.717, 1.165) is 11.4 Å². The van der Waals surface area contributed by atoms with E-state index in [2.05, 4.69) is 20.8 Å². The number of amides is 1. The normalized spacial score (nSPS) is 10.4. The highest BCUT2D eigenvalue weighted by Gasteiger charge is 2.07. The maximum atomic E-state index is 12.5. The molecule has 8 heteroatoms. The molecular weight excluding hydrogens is 382 g/mol. The molecule has 4 rings (SSSR count). The van der Waals surface area contributed by atoms with Crippen LogP contribution in [0, 0.1) is 0 Å². The number of hydrogen-bond donors (Lipinski definition) is 1. The second-order valence-electron chi connectivity index (χ2n) is 6.29. The third-order valence-corrected chi connectivity index (χ3v) is 4.23. The first-order chi connectivity index (χ1) is 14.7. The van der Waals surface area contributed by atoms with E-state index >= 15 is 0 Å². The standard InChI is InChI=1S/C22H19N5O3/c1-2-29-19-11-13-21(14-12-19)30-20-9-5-17(6-10-20)24-22(28)16-3-7-18(8-4-16)27-15-23-25-26-27/h3-15H,2H2,1H3,(H,24,28). The van der Waals surface area contributed by atoms with Crippen molar-refractivity contribution in [1.82, 2.24) is 20.2 Å². The first-order valence-electron chi connectivity index (χ1n) is 9.37. The summed E-state index contributed by atoms with van der Waals surface area (Å²) < 4.78 is 12.8. The summed E-state index contributed by atoms with van der Waals surface area (Å²) in [5.41, 5.74) is 1.97. The Morgan fingerprint density at radius 1 is 0.900 bits per heavy atom. The fourth-order valence-electron chi connectivity index (χ4n) is 2.76. The highest BCUT2D eigenvalue weighted by Crippen LogP contribution is 2.25. The highest BCUT2D eigenvalue weighted by atomic mass is 16.5. The molecule has 0 spiro atoms. The van der Waals surface area contributed by atoms with E-state index in [1.807, 2.05) is 31.2 Å². The van der Waals surface area contributed by atoms with Crippen molar-refractivity contribution >= 4 is 11.6 Å². The molecule has 1 amide bonds. The van der Waals surface area contributed by atoms with Crippen LogP contribution in [0.25, 0.3) is 5.69 Å².